The molecular weight excluding hydrogens is 405 g/mol. The molecule has 0 saturated heterocycles. The molecule has 6 heteroatoms. The zero-order chi connectivity index (χ0) is 16.4. The van der Waals surface area contributed by atoms with Gasteiger partial charge in [-0.1, -0.05) is 32.8 Å². The third-order valence-electron chi connectivity index (χ3n) is 3.84. The van der Waals surface area contributed by atoms with Crippen molar-refractivity contribution < 1.29 is 9.47 Å². The number of ether oxygens (including phenoxy) is 2. The van der Waals surface area contributed by atoms with Crippen molar-refractivity contribution in [2.45, 2.75) is 33.1 Å². The van der Waals surface area contributed by atoms with Gasteiger partial charge < -0.3 is 20.5 Å². The summed E-state index contributed by atoms with van der Waals surface area (Å²) in [7, 11) is 3.28. The fourth-order valence-electron chi connectivity index (χ4n) is 2.20. The number of nitrogens with zero attached hydrogens (tertiary/aromatic N) is 1. The predicted molar refractivity (Wildman–Crippen MR) is 107 cm³/mol. The molecule has 23 heavy (non-hydrogen) atoms. The molecule has 0 aliphatic rings. The number of aliphatic imine (C=N–C) groups is 1. The van der Waals surface area contributed by atoms with Crippen LogP contribution in [0, 0.1) is 5.92 Å². The van der Waals surface area contributed by atoms with Crippen molar-refractivity contribution in [1.82, 2.24) is 5.32 Å². The Morgan fingerprint density at radius 1 is 1.17 bits per heavy atom. The van der Waals surface area contributed by atoms with Gasteiger partial charge in [0.25, 0.3) is 0 Å². The maximum atomic E-state index is 5.89. The van der Waals surface area contributed by atoms with E-state index in [-0.39, 0.29) is 24.0 Å². The van der Waals surface area contributed by atoms with Crippen molar-refractivity contribution in [2.75, 3.05) is 27.3 Å². The summed E-state index contributed by atoms with van der Waals surface area (Å²) in [4.78, 5) is 4.40. The molecule has 1 aromatic carbocycles. The molecule has 0 unspecified atom stereocenters. The van der Waals surface area contributed by atoms with Crippen LogP contribution in [-0.2, 0) is 6.42 Å². The SMILES string of the molecule is CCC(CC)CN=C(N)NCCc1ccc(OC)c(OC)c1.I. The molecule has 0 saturated carbocycles. The van der Waals surface area contributed by atoms with Crippen LogP contribution in [0.1, 0.15) is 32.3 Å². The van der Waals surface area contributed by atoms with Gasteiger partial charge in [-0.3, -0.25) is 4.99 Å². The van der Waals surface area contributed by atoms with Gasteiger partial charge in [0.05, 0.1) is 14.2 Å². The van der Waals surface area contributed by atoms with Gasteiger partial charge in [-0.25, -0.2) is 0 Å². The van der Waals surface area contributed by atoms with E-state index in [2.05, 4.69) is 24.2 Å². The quantitative estimate of drug-likeness (QED) is 0.355. The van der Waals surface area contributed by atoms with Gasteiger partial charge in [0.15, 0.2) is 17.5 Å². The Balaban J connectivity index is 0.00000484. The molecule has 0 spiro atoms. The summed E-state index contributed by atoms with van der Waals surface area (Å²) < 4.78 is 10.5. The van der Waals surface area contributed by atoms with E-state index in [1.165, 1.54) is 0 Å². The van der Waals surface area contributed by atoms with Crippen LogP contribution < -0.4 is 20.5 Å². The molecule has 0 amide bonds. The molecule has 3 N–H and O–H groups in total. The number of nitrogens with two attached hydrogens (primary N) is 1. The summed E-state index contributed by atoms with van der Waals surface area (Å²) in [5.74, 6) is 2.62. The molecular formula is C17H30IN3O2. The summed E-state index contributed by atoms with van der Waals surface area (Å²) >= 11 is 0. The van der Waals surface area contributed by atoms with E-state index < -0.39 is 0 Å². The van der Waals surface area contributed by atoms with Crippen molar-refractivity contribution in [3.05, 3.63) is 23.8 Å². The Kier molecular flexibility index (Phi) is 11.6. The highest BCUT2D eigenvalue weighted by Crippen LogP contribution is 2.27. The fraction of sp³-hybridized carbons (Fsp3) is 0.588. The monoisotopic (exact) mass is 435 g/mol. The molecule has 0 atom stereocenters. The first-order valence-corrected chi connectivity index (χ1v) is 7.89. The zero-order valence-electron chi connectivity index (χ0n) is 14.6. The maximum absolute atomic E-state index is 5.89. The minimum atomic E-state index is 0. The van der Waals surface area contributed by atoms with Crippen LogP contribution in [0.2, 0.25) is 0 Å². The Morgan fingerprint density at radius 2 is 1.83 bits per heavy atom. The lowest BCUT2D eigenvalue weighted by molar-refractivity contribution is 0.354. The average molecular weight is 435 g/mol. The smallest absolute Gasteiger partial charge is 0.188 e. The van der Waals surface area contributed by atoms with Crippen LogP contribution in [0.5, 0.6) is 11.5 Å². The molecule has 1 rings (SSSR count). The number of nitrogens with one attached hydrogen (secondary N) is 1. The van der Waals surface area contributed by atoms with E-state index >= 15 is 0 Å². The van der Waals surface area contributed by atoms with E-state index in [0.717, 1.165) is 49.4 Å². The van der Waals surface area contributed by atoms with Gasteiger partial charge in [0.2, 0.25) is 0 Å². The van der Waals surface area contributed by atoms with Gasteiger partial charge in [0.1, 0.15) is 0 Å². The highest BCUT2D eigenvalue weighted by molar-refractivity contribution is 14.0. The first-order valence-electron chi connectivity index (χ1n) is 7.89. The largest absolute Gasteiger partial charge is 0.493 e. The van der Waals surface area contributed by atoms with Crippen molar-refractivity contribution in [3.63, 3.8) is 0 Å². The molecule has 0 aliphatic carbocycles. The molecule has 0 bridgehead atoms. The predicted octanol–water partition coefficient (Wildman–Crippen LogP) is 3.20. The summed E-state index contributed by atoms with van der Waals surface area (Å²) in [6, 6.07) is 5.93. The topological polar surface area (TPSA) is 68.9 Å². The molecule has 132 valence electrons. The number of hydrogen-bond acceptors (Lipinski definition) is 3. The first-order chi connectivity index (χ1) is 10.6. The lowest BCUT2D eigenvalue weighted by atomic mass is 10.0. The fourth-order valence-corrected chi connectivity index (χ4v) is 2.20. The normalized spacial score (nSPS) is 11.1. The maximum Gasteiger partial charge on any atom is 0.188 e. The number of halogens is 1. The lowest BCUT2D eigenvalue weighted by Gasteiger charge is -2.11. The van der Waals surface area contributed by atoms with Crippen LogP contribution in [0.15, 0.2) is 23.2 Å². The lowest BCUT2D eigenvalue weighted by Crippen LogP contribution is -2.33. The zero-order valence-corrected chi connectivity index (χ0v) is 16.9. The van der Waals surface area contributed by atoms with Crippen LogP contribution >= 0.6 is 24.0 Å². The van der Waals surface area contributed by atoms with Crippen LogP contribution in [0.4, 0.5) is 0 Å². The number of hydrogen-bond donors (Lipinski definition) is 2. The third kappa shape index (κ3) is 7.76. The molecule has 0 aromatic heterocycles. The van der Waals surface area contributed by atoms with Crippen molar-refractivity contribution in [2.24, 2.45) is 16.6 Å². The minimum absolute atomic E-state index is 0. The van der Waals surface area contributed by atoms with Crippen molar-refractivity contribution in [1.29, 1.82) is 0 Å². The molecule has 0 heterocycles. The number of rotatable bonds is 9. The van der Waals surface area contributed by atoms with Crippen molar-refractivity contribution >= 4 is 29.9 Å². The molecule has 1 aromatic rings. The van der Waals surface area contributed by atoms with Crippen LogP contribution in [0.3, 0.4) is 0 Å². The minimum Gasteiger partial charge on any atom is -0.493 e. The standard InChI is InChI=1S/C17H29N3O2.HI/c1-5-13(6-2)12-20-17(18)19-10-9-14-7-8-15(21-3)16(11-14)22-4;/h7-8,11,13H,5-6,9-10,12H2,1-4H3,(H3,18,19,20);1H. The van der Waals surface area contributed by atoms with E-state index in [0.29, 0.717) is 11.9 Å². The number of benzene rings is 1. The van der Waals surface area contributed by atoms with Gasteiger partial charge in [-0.15, -0.1) is 24.0 Å². The van der Waals surface area contributed by atoms with Crippen LogP contribution in [-0.4, -0.2) is 33.3 Å². The third-order valence-corrected chi connectivity index (χ3v) is 3.84. The number of guanidine groups is 1. The van der Waals surface area contributed by atoms with Gasteiger partial charge in [-0.05, 0) is 30.0 Å². The van der Waals surface area contributed by atoms with Crippen LogP contribution in [0.25, 0.3) is 0 Å². The Hall–Kier alpha value is -1.18. The molecule has 0 aliphatic heterocycles. The average Bonchev–Trinajstić information content (AvgIpc) is 2.55. The Labute approximate surface area is 157 Å². The van der Waals surface area contributed by atoms with E-state index in [1.807, 2.05) is 18.2 Å². The summed E-state index contributed by atoms with van der Waals surface area (Å²) in [5.41, 5.74) is 7.06. The summed E-state index contributed by atoms with van der Waals surface area (Å²) in [6.45, 7) is 5.91. The van der Waals surface area contributed by atoms with E-state index in [9.17, 15) is 0 Å². The highest BCUT2D eigenvalue weighted by Gasteiger charge is 2.05. The molecule has 5 nitrogen and oxygen atoms in total. The summed E-state index contributed by atoms with van der Waals surface area (Å²) in [6.07, 6.45) is 3.12. The van der Waals surface area contributed by atoms with E-state index in [1.54, 1.807) is 14.2 Å². The first kappa shape index (κ1) is 21.8. The van der Waals surface area contributed by atoms with Gasteiger partial charge in [-0.2, -0.15) is 0 Å². The second-order valence-corrected chi connectivity index (χ2v) is 5.27. The van der Waals surface area contributed by atoms with Gasteiger partial charge in [0, 0.05) is 13.1 Å². The molecule has 0 radical (unpaired) electrons. The second kappa shape index (κ2) is 12.3. The molecule has 0 fully saturated rings. The van der Waals surface area contributed by atoms with Gasteiger partial charge >= 0.3 is 0 Å². The Morgan fingerprint density at radius 3 is 2.39 bits per heavy atom. The highest BCUT2D eigenvalue weighted by atomic mass is 127. The van der Waals surface area contributed by atoms with E-state index in [4.69, 9.17) is 15.2 Å². The Bertz CT molecular complexity index is 477. The van der Waals surface area contributed by atoms with Crippen molar-refractivity contribution in [3.8, 4) is 11.5 Å². The second-order valence-electron chi connectivity index (χ2n) is 5.27. The number of methoxy groups -OCH3 is 2. The summed E-state index contributed by atoms with van der Waals surface area (Å²) in [5, 5.41) is 3.16.